The molecule has 1 N–H and O–H groups in total. The van der Waals surface area contributed by atoms with Crippen molar-refractivity contribution in [3.05, 3.63) is 41.5 Å². The number of carbonyl (C=O) groups excluding carboxylic acids is 1. The van der Waals surface area contributed by atoms with Crippen LogP contribution in [0.25, 0.3) is 21.9 Å². The molecule has 7 rings (SSSR count). The number of esters is 1. The van der Waals surface area contributed by atoms with Gasteiger partial charge in [-0.1, -0.05) is 6.07 Å². The molecule has 11 heteroatoms. The fourth-order valence-electron chi connectivity index (χ4n) is 5.99. The summed E-state index contributed by atoms with van der Waals surface area (Å²) in [4.78, 5) is 13.3. The fraction of sp³-hybridized carbons (Fsp3) is 0.414. The van der Waals surface area contributed by atoms with Crippen LogP contribution in [0.2, 0.25) is 0 Å². The maximum atomic E-state index is 13.3. The molecule has 0 amide bonds. The summed E-state index contributed by atoms with van der Waals surface area (Å²) in [6.45, 7) is 3.43. The number of carbonyl (C=O) groups is 1. The molecule has 40 heavy (non-hydrogen) atoms. The number of rotatable bonds is 6. The Bertz CT molecular complexity index is 1550. The Balaban J connectivity index is 1.45. The molecule has 2 fully saturated rings. The van der Waals surface area contributed by atoms with Crippen LogP contribution >= 0.6 is 0 Å². The number of fused-ring (bicyclic) bond motifs is 4. The minimum atomic E-state index is -1.08. The minimum Gasteiger partial charge on any atom is -0.493 e. The molecule has 4 heterocycles. The topological polar surface area (TPSA) is 120 Å². The van der Waals surface area contributed by atoms with Gasteiger partial charge in [0.15, 0.2) is 40.5 Å². The predicted octanol–water partition coefficient (Wildman–Crippen LogP) is 3.54. The van der Waals surface area contributed by atoms with Gasteiger partial charge in [0.2, 0.25) is 13.1 Å². The van der Waals surface area contributed by atoms with E-state index in [2.05, 4.69) is 0 Å². The average molecular weight is 553 g/mol. The molecule has 0 spiro atoms. The minimum absolute atomic E-state index is 0.00326. The number of aliphatic hydroxyl groups excluding tert-OH is 1. The first-order valence-electron chi connectivity index (χ1n) is 12.9. The van der Waals surface area contributed by atoms with Gasteiger partial charge >= 0.3 is 5.97 Å². The predicted molar refractivity (Wildman–Crippen MR) is 138 cm³/mol. The van der Waals surface area contributed by atoms with Crippen LogP contribution in [0.5, 0.6) is 28.7 Å². The van der Waals surface area contributed by atoms with Gasteiger partial charge < -0.3 is 47.7 Å². The first-order valence-corrected chi connectivity index (χ1v) is 12.9. The Morgan fingerprint density at radius 3 is 2.48 bits per heavy atom. The maximum Gasteiger partial charge on any atom is 0.339 e. The molecule has 3 atom stereocenters. The van der Waals surface area contributed by atoms with Gasteiger partial charge in [-0.15, -0.1) is 0 Å². The molecule has 4 aliphatic heterocycles. The Kier molecular flexibility index (Phi) is 5.59. The van der Waals surface area contributed by atoms with E-state index in [9.17, 15) is 9.90 Å². The van der Waals surface area contributed by atoms with Gasteiger partial charge in [-0.3, -0.25) is 0 Å². The second kappa shape index (κ2) is 8.87. The van der Waals surface area contributed by atoms with Gasteiger partial charge in [-0.2, -0.15) is 0 Å². The van der Waals surface area contributed by atoms with Gasteiger partial charge in [0, 0.05) is 16.5 Å². The summed E-state index contributed by atoms with van der Waals surface area (Å²) >= 11 is 0. The van der Waals surface area contributed by atoms with Crippen molar-refractivity contribution in [1.29, 1.82) is 0 Å². The highest BCUT2D eigenvalue weighted by atomic mass is 16.8. The van der Waals surface area contributed by atoms with Crippen LogP contribution in [0.1, 0.15) is 29.8 Å². The SMILES string of the molecule is COc1cc2c(O[C@@H]3OC[C@@]4(CO)OC(C)(C)O[C@@H]34)c3c(c(-c4ccc5c(c4)OCO5)c2cc1OC)C(=O)OC3. The molecule has 0 aliphatic carbocycles. The highest BCUT2D eigenvalue weighted by molar-refractivity contribution is 6.14. The molecule has 3 aromatic rings. The third-order valence-corrected chi connectivity index (χ3v) is 7.70. The van der Waals surface area contributed by atoms with E-state index in [-0.39, 0.29) is 26.6 Å². The summed E-state index contributed by atoms with van der Waals surface area (Å²) in [6, 6.07) is 9.11. The molecule has 3 aromatic carbocycles. The Hall–Kier alpha value is -3.77. The Morgan fingerprint density at radius 1 is 0.975 bits per heavy atom. The summed E-state index contributed by atoms with van der Waals surface area (Å²) < 4.78 is 52.6. The van der Waals surface area contributed by atoms with E-state index in [0.717, 1.165) is 5.56 Å². The van der Waals surface area contributed by atoms with E-state index in [1.54, 1.807) is 46.3 Å². The van der Waals surface area contributed by atoms with Crippen molar-refractivity contribution in [2.24, 2.45) is 0 Å². The molecule has 0 saturated carbocycles. The number of methoxy groups -OCH3 is 2. The second-order valence-corrected chi connectivity index (χ2v) is 10.5. The van der Waals surface area contributed by atoms with Crippen molar-refractivity contribution in [3.8, 4) is 39.9 Å². The lowest BCUT2D eigenvalue weighted by Crippen LogP contribution is -2.46. The number of hydrogen-bond donors (Lipinski definition) is 1. The smallest absolute Gasteiger partial charge is 0.339 e. The summed E-state index contributed by atoms with van der Waals surface area (Å²) in [5.74, 6) is 1.10. The third-order valence-electron chi connectivity index (χ3n) is 7.70. The molecule has 0 aromatic heterocycles. The largest absolute Gasteiger partial charge is 0.493 e. The van der Waals surface area contributed by atoms with Crippen LogP contribution in [0.4, 0.5) is 0 Å². The molecule has 210 valence electrons. The van der Waals surface area contributed by atoms with Crippen molar-refractivity contribution < 1.29 is 52.5 Å². The van der Waals surface area contributed by atoms with Crippen molar-refractivity contribution in [2.75, 3.05) is 34.2 Å². The lowest BCUT2D eigenvalue weighted by atomic mass is 9.89. The fourth-order valence-corrected chi connectivity index (χ4v) is 5.99. The molecule has 11 nitrogen and oxygen atoms in total. The summed E-state index contributed by atoms with van der Waals surface area (Å²) in [6.07, 6.45) is -1.65. The van der Waals surface area contributed by atoms with E-state index in [4.69, 9.17) is 42.6 Å². The van der Waals surface area contributed by atoms with Crippen molar-refractivity contribution >= 4 is 16.7 Å². The number of aliphatic hydroxyl groups is 1. The van der Waals surface area contributed by atoms with Gasteiger partial charge in [-0.25, -0.2) is 4.79 Å². The number of cyclic esters (lactones) is 1. The summed E-state index contributed by atoms with van der Waals surface area (Å²) in [5, 5.41) is 11.5. The standard InChI is InChI=1S/C29H28O11/c1-28(2)39-25-27(35-12-29(25,11-30)40-28)38-24-16-9-20(33-4)19(32-3)8-15(16)22(23-17(24)10-34-26(23)31)14-5-6-18-21(7-14)37-13-36-18/h5-9,25,27,30H,10-13H2,1-4H3/t25-,27-,29+/m0/s1. The van der Waals surface area contributed by atoms with Crippen molar-refractivity contribution in [3.63, 3.8) is 0 Å². The normalized spacial score (nSPS) is 25.6. The zero-order chi connectivity index (χ0) is 27.8. The highest BCUT2D eigenvalue weighted by Gasteiger charge is 2.62. The highest BCUT2D eigenvalue weighted by Crippen LogP contribution is 2.51. The molecule has 2 saturated heterocycles. The average Bonchev–Trinajstić information content (AvgIpc) is 3.70. The van der Waals surface area contributed by atoms with Gasteiger partial charge in [0.1, 0.15) is 12.4 Å². The van der Waals surface area contributed by atoms with Crippen LogP contribution in [-0.4, -0.2) is 69.1 Å². The Labute approximate surface area is 229 Å². The van der Waals surface area contributed by atoms with Gasteiger partial charge in [-0.05, 0) is 49.1 Å². The molecule has 4 aliphatic rings. The van der Waals surface area contributed by atoms with Gasteiger partial charge in [0.25, 0.3) is 0 Å². The van der Waals surface area contributed by atoms with Gasteiger partial charge in [0.05, 0.1) is 33.0 Å². The second-order valence-electron chi connectivity index (χ2n) is 10.5. The van der Waals surface area contributed by atoms with Crippen molar-refractivity contribution in [2.45, 2.75) is 44.2 Å². The van der Waals surface area contributed by atoms with E-state index in [1.807, 2.05) is 12.1 Å². The molecule has 0 unspecified atom stereocenters. The van der Waals surface area contributed by atoms with Crippen LogP contribution in [0.15, 0.2) is 30.3 Å². The molecule has 0 radical (unpaired) electrons. The zero-order valence-corrected chi connectivity index (χ0v) is 22.4. The van der Waals surface area contributed by atoms with Crippen LogP contribution in [-0.2, 0) is 25.6 Å². The third kappa shape index (κ3) is 3.62. The van der Waals surface area contributed by atoms with Crippen LogP contribution in [0.3, 0.4) is 0 Å². The first-order chi connectivity index (χ1) is 19.3. The van der Waals surface area contributed by atoms with Crippen molar-refractivity contribution in [1.82, 2.24) is 0 Å². The monoisotopic (exact) mass is 552 g/mol. The lowest BCUT2D eigenvalue weighted by Gasteiger charge is -2.25. The number of hydrogen-bond acceptors (Lipinski definition) is 11. The summed E-state index contributed by atoms with van der Waals surface area (Å²) in [7, 11) is 3.09. The summed E-state index contributed by atoms with van der Waals surface area (Å²) in [5.41, 5.74) is 1.21. The van der Waals surface area contributed by atoms with Crippen LogP contribution in [0, 0.1) is 0 Å². The van der Waals surface area contributed by atoms with Crippen LogP contribution < -0.4 is 23.7 Å². The molecular formula is C29H28O11. The lowest BCUT2D eigenvalue weighted by molar-refractivity contribution is -0.211. The maximum absolute atomic E-state index is 13.3. The molecular weight excluding hydrogens is 524 g/mol. The zero-order valence-electron chi connectivity index (χ0n) is 22.4. The molecule has 0 bridgehead atoms. The Morgan fingerprint density at radius 2 is 1.73 bits per heavy atom. The first kappa shape index (κ1) is 25.2. The van der Waals surface area contributed by atoms with E-state index in [1.165, 1.54) is 0 Å². The quantitative estimate of drug-likeness (QED) is 0.452. The number of ether oxygens (including phenoxy) is 9. The van der Waals surface area contributed by atoms with E-state index < -0.39 is 29.8 Å². The number of benzene rings is 3. The van der Waals surface area contributed by atoms with E-state index in [0.29, 0.717) is 56.2 Å². The van der Waals surface area contributed by atoms with E-state index >= 15 is 0 Å².